The lowest BCUT2D eigenvalue weighted by Gasteiger charge is -1.98. The molecule has 1 aromatic heterocycles. The van der Waals surface area contributed by atoms with Crippen LogP contribution in [0.15, 0.2) is 34.9 Å². The molecule has 1 heterocycles. The van der Waals surface area contributed by atoms with E-state index in [1.165, 1.54) is 6.26 Å². The number of para-hydroxylation sites is 1. The van der Waals surface area contributed by atoms with Crippen LogP contribution < -0.4 is 0 Å². The van der Waals surface area contributed by atoms with Gasteiger partial charge in [0, 0.05) is 16.7 Å². The average Bonchev–Trinajstić information content (AvgIpc) is 2.62. The van der Waals surface area contributed by atoms with E-state index in [0.29, 0.717) is 0 Å². The fraction of sp³-hybridized carbons (Fsp3) is 0.273. The molecule has 2 aromatic rings. The van der Waals surface area contributed by atoms with E-state index >= 15 is 0 Å². The molecule has 2 rings (SSSR count). The largest absolute Gasteiger partial charge is 0.464 e. The Morgan fingerprint density at radius 1 is 1.27 bits per heavy atom. The van der Waals surface area contributed by atoms with Gasteiger partial charge in [-0.3, -0.25) is 0 Å². The van der Waals surface area contributed by atoms with Crippen LogP contribution in [0.5, 0.6) is 0 Å². The second-order valence-electron chi connectivity index (χ2n) is 3.43. The van der Waals surface area contributed by atoms with Crippen molar-refractivity contribution in [1.82, 2.24) is 0 Å². The molecule has 0 aliphatic rings. The quantitative estimate of drug-likeness (QED) is 0.804. The number of hydrogen-bond donors (Lipinski definition) is 0. The third kappa shape index (κ3) is 2.04. The lowest BCUT2D eigenvalue weighted by Crippen LogP contribution is -2.05. The first-order chi connectivity index (χ1) is 7.12. The molecule has 80 valence electrons. The summed E-state index contributed by atoms with van der Waals surface area (Å²) in [5, 5.41) is 0.884. The van der Waals surface area contributed by atoms with Crippen molar-refractivity contribution in [2.75, 3.05) is 5.75 Å². The van der Waals surface area contributed by atoms with Gasteiger partial charge in [-0.1, -0.05) is 25.1 Å². The minimum absolute atomic E-state index is 0.0561. The van der Waals surface area contributed by atoms with Crippen LogP contribution in [0, 0.1) is 0 Å². The number of furan rings is 1. The summed E-state index contributed by atoms with van der Waals surface area (Å²) in [6.45, 7) is 1.65. The van der Waals surface area contributed by atoms with E-state index in [4.69, 9.17) is 4.42 Å². The molecule has 0 aliphatic heterocycles. The van der Waals surface area contributed by atoms with Crippen LogP contribution in [0.2, 0.25) is 0 Å². The van der Waals surface area contributed by atoms with Crippen LogP contribution in [0.3, 0.4) is 0 Å². The van der Waals surface area contributed by atoms with Gasteiger partial charge in [0.05, 0.1) is 12.0 Å². The molecule has 4 heteroatoms. The van der Waals surface area contributed by atoms with E-state index in [1.54, 1.807) is 6.92 Å². The smallest absolute Gasteiger partial charge is 0.154 e. The number of hydrogen-bond acceptors (Lipinski definition) is 3. The van der Waals surface area contributed by atoms with E-state index < -0.39 is 9.84 Å². The Bertz CT molecular complexity index is 566. The van der Waals surface area contributed by atoms with Crippen LogP contribution >= 0.6 is 0 Å². The monoisotopic (exact) mass is 224 g/mol. The lowest BCUT2D eigenvalue weighted by molar-refractivity contribution is 0.592. The lowest BCUT2D eigenvalue weighted by atomic mass is 10.2. The van der Waals surface area contributed by atoms with Crippen LogP contribution in [0.25, 0.3) is 11.0 Å². The molecular formula is C11H12O3S. The van der Waals surface area contributed by atoms with Crippen LogP contribution in [0.4, 0.5) is 0 Å². The summed E-state index contributed by atoms with van der Waals surface area (Å²) in [6.07, 6.45) is 1.53. The Kier molecular flexibility index (Phi) is 2.52. The minimum Gasteiger partial charge on any atom is -0.464 e. The zero-order valence-corrected chi connectivity index (χ0v) is 9.25. The van der Waals surface area contributed by atoms with E-state index in [9.17, 15) is 8.42 Å². The van der Waals surface area contributed by atoms with Crippen molar-refractivity contribution in [1.29, 1.82) is 0 Å². The molecule has 0 atom stereocenters. The van der Waals surface area contributed by atoms with Gasteiger partial charge in [-0.2, -0.15) is 0 Å². The van der Waals surface area contributed by atoms with Crippen LogP contribution in [0.1, 0.15) is 12.5 Å². The van der Waals surface area contributed by atoms with Crippen molar-refractivity contribution in [2.24, 2.45) is 0 Å². The highest BCUT2D eigenvalue weighted by Gasteiger charge is 2.13. The molecule has 0 radical (unpaired) electrons. The maximum Gasteiger partial charge on any atom is 0.154 e. The standard InChI is InChI=1S/C11H12O3S/c1-2-15(12,13)8-9-7-14-11-6-4-3-5-10(9)11/h3-7H,2,8H2,1H3. The summed E-state index contributed by atoms with van der Waals surface area (Å²) in [5.41, 5.74) is 1.48. The summed E-state index contributed by atoms with van der Waals surface area (Å²) in [5.74, 6) is 0.215. The molecule has 0 unspecified atom stereocenters. The van der Waals surface area contributed by atoms with Gasteiger partial charge in [-0.25, -0.2) is 8.42 Å². The van der Waals surface area contributed by atoms with Crippen molar-refractivity contribution in [2.45, 2.75) is 12.7 Å². The first kappa shape index (κ1) is 10.2. The molecule has 0 bridgehead atoms. The number of sulfone groups is 1. The predicted molar refractivity (Wildman–Crippen MR) is 59.4 cm³/mol. The van der Waals surface area contributed by atoms with Gasteiger partial charge in [-0.15, -0.1) is 0 Å². The summed E-state index contributed by atoms with van der Waals surface area (Å²) >= 11 is 0. The molecule has 3 nitrogen and oxygen atoms in total. The zero-order chi connectivity index (χ0) is 10.9. The molecule has 0 spiro atoms. The molecule has 0 saturated heterocycles. The maximum atomic E-state index is 11.5. The predicted octanol–water partition coefficient (Wildman–Crippen LogP) is 2.37. The van der Waals surface area contributed by atoms with Gasteiger partial charge in [0.15, 0.2) is 9.84 Å². The Balaban J connectivity index is 2.46. The number of fused-ring (bicyclic) bond motifs is 1. The number of rotatable bonds is 3. The van der Waals surface area contributed by atoms with Crippen molar-refractivity contribution in [3.8, 4) is 0 Å². The summed E-state index contributed by atoms with van der Waals surface area (Å²) in [7, 11) is -2.99. The summed E-state index contributed by atoms with van der Waals surface area (Å²) in [4.78, 5) is 0. The Labute approximate surface area is 88.6 Å². The van der Waals surface area contributed by atoms with Gasteiger partial charge in [-0.05, 0) is 6.07 Å². The Morgan fingerprint density at radius 2 is 2.00 bits per heavy atom. The van der Waals surface area contributed by atoms with Gasteiger partial charge in [0.2, 0.25) is 0 Å². The van der Waals surface area contributed by atoms with Gasteiger partial charge in [0.25, 0.3) is 0 Å². The molecule has 0 fully saturated rings. The second kappa shape index (κ2) is 3.70. The minimum atomic E-state index is -2.99. The summed E-state index contributed by atoms with van der Waals surface area (Å²) < 4.78 is 28.2. The highest BCUT2D eigenvalue weighted by Crippen LogP contribution is 2.22. The third-order valence-corrected chi connectivity index (χ3v) is 4.01. The molecular weight excluding hydrogens is 212 g/mol. The highest BCUT2D eigenvalue weighted by atomic mass is 32.2. The molecule has 1 aromatic carbocycles. The molecule has 0 N–H and O–H groups in total. The SMILES string of the molecule is CCS(=O)(=O)Cc1coc2ccccc12. The van der Waals surface area contributed by atoms with Crippen molar-refractivity contribution in [3.63, 3.8) is 0 Å². The molecule has 0 aliphatic carbocycles. The third-order valence-electron chi connectivity index (χ3n) is 2.38. The zero-order valence-electron chi connectivity index (χ0n) is 8.43. The summed E-state index contributed by atoms with van der Waals surface area (Å²) in [6, 6.07) is 7.45. The fourth-order valence-corrected chi connectivity index (χ4v) is 2.39. The molecule has 0 amide bonds. The maximum absolute atomic E-state index is 11.5. The number of benzene rings is 1. The van der Waals surface area contributed by atoms with E-state index in [1.807, 2.05) is 24.3 Å². The van der Waals surface area contributed by atoms with Crippen molar-refractivity contribution < 1.29 is 12.8 Å². The first-order valence-electron chi connectivity index (χ1n) is 4.78. The van der Waals surface area contributed by atoms with Crippen LogP contribution in [-0.2, 0) is 15.6 Å². The molecule has 15 heavy (non-hydrogen) atoms. The van der Waals surface area contributed by atoms with Gasteiger partial charge in [0.1, 0.15) is 5.58 Å². The second-order valence-corrected chi connectivity index (χ2v) is 5.79. The highest BCUT2D eigenvalue weighted by molar-refractivity contribution is 7.90. The van der Waals surface area contributed by atoms with Crippen LogP contribution in [-0.4, -0.2) is 14.2 Å². The van der Waals surface area contributed by atoms with Gasteiger partial charge < -0.3 is 4.42 Å². The molecule has 0 saturated carbocycles. The van der Waals surface area contributed by atoms with E-state index in [0.717, 1.165) is 16.5 Å². The van der Waals surface area contributed by atoms with Crippen molar-refractivity contribution in [3.05, 3.63) is 36.1 Å². The fourth-order valence-electron chi connectivity index (χ4n) is 1.48. The average molecular weight is 224 g/mol. The Morgan fingerprint density at radius 3 is 2.73 bits per heavy atom. The van der Waals surface area contributed by atoms with Gasteiger partial charge >= 0.3 is 0 Å². The topological polar surface area (TPSA) is 47.3 Å². The normalized spacial score (nSPS) is 12.1. The Hall–Kier alpha value is -1.29. The van der Waals surface area contributed by atoms with E-state index in [-0.39, 0.29) is 11.5 Å². The van der Waals surface area contributed by atoms with Crippen molar-refractivity contribution >= 4 is 20.8 Å². The van der Waals surface area contributed by atoms with E-state index in [2.05, 4.69) is 0 Å². The first-order valence-corrected chi connectivity index (χ1v) is 6.60.